The van der Waals surface area contributed by atoms with Gasteiger partial charge < -0.3 is 0 Å². The second kappa shape index (κ2) is 2.90. The molecular formula is C9H13NO2. The normalized spacial score (nSPS) is 37.2. The molecule has 0 aromatic rings. The number of hydroxylamine groups is 1. The van der Waals surface area contributed by atoms with E-state index >= 15 is 0 Å². The Labute approximate surface area is 71.7 Å². The van der Waals surface area contributed by atoms with Crippen LogP contribution in [0.4, 0.5) is 0 Å². The number of amides is 1. The summed E-state index contributed by atoms with van der Waals surface area (Å²) in [6, 6.07) is 0. The van der Waals surface area contributed by atoms with Crippen molar-refractivity contribution in [2.45, 2.75) is 12.8 Å². The Balaban J connectivity index is 1.98. The van der Waals surface area contributed by atoms with Gasteiger partial charge in [-0.3, -0.25) is 9.63 Å². The molecule has 12 heavy (non-hydrogen) atoms. The average molecular weight is 167 g/mol. The maximum absolute atomic E-state index is 11.4. The van der Waals surface area contributed by atoms with E-state index in [-0.39, 0.29) is 11.8 Å². The Hall–Kier alpha value is -0.830. The molecule has 3 heteroatoms. The molecule has 1 fully saturated rings. The van der Waals surface area contributed by atoms with E-state index in [1.54, 1.807) is 0 Å². The van der Waals surface area contributed by atoms with Crippen LogP contribution in [0.2, 0.25) is 0 Å². The van der Waals surface area contributed by atoms with Crippen molar-refractivity contribution < 1.29 is 9.63 Å². The van der Waals surface area contributed by atoms with E-state index in [0.717, 1.165) is 12.8 Å². The number of carbonyl (C=O) groups is 1. The Morgan fingerprint density at radius 1 is 1.50 bits per heavy atom. The monoisotopic (exact) mass is 167 g/mol. The minimum absolute atomic E-state index is 0.0364. The van der Waals surface area contributed by atoms with E-state index < -0.39 is 0 Å². The summed E-state index contributed by atoms with van der Waals surface area (Å²) in [5.74, 6) is 1.29. The van der Waals surface area contributed by atoms with Crippen LogP contribution in [0.1, 0.15) is 12.8 Å². The maximum Gasteiger partial charge on any atom is 0.247 e. The van der Waals surface area contributed by atoms with E-state index in [1.165, 1.54) is 7.11 Å². The number of nitrogens with one attached hydrogen (secondary N) is 1. The highest BCUT2D eigenvalue weighted by Gasteiger charge is 2.39. The first-order chi connectivity index (χ1) is 5.81. The van der Waals surface area contributed by atoms with Crippen LogP contribution in [0, 0.1) is 17.8 Å². The zero-order chi connectivity index (χ0) is 8.55. The molecule has 1 N–H and O–H groups in total. The number of fused-ring (bicyclic) bond motifs is 2. The summed E-state index contributed by atoms with van der Waals surface area (Å²) in [7, 11) is 1.47. The summed E-state index contributed by atoms with van der Waals surface area (Å²) in [6.07, 6.45) is 6.54. The first-order valence-electron chi connectivity index (χ1n) is 4.32. The molecule has 66 valence electrons. The second-order valence-electron chi connectivity index (χ2n) is 3.56. The molecule has 0 radical (unpaired) electrons. The van der Waals surface area contributed by atoms with Gasteiger partial charge in [0.05, 0.1) is 7.11 Å². The molecule has 0 aromatic heterocycles. The number of allylic oxidation sites excluding steroid dienone is 2. The predicted molar refractivity (Wildman–Crippen MR) is 44.0 cm³/mol. The van der Waals surface area contributed by atoms with Gasteiger partial charge in [0.2, 0.25) is 5.91 Å². The lowest BCUT2D eigenvalue weighted by Crippen LogP contribution is -2.31. The topological polar surface area (TPSA) is 38.3 Å². The Morgan fingerprint density at radius 3 is 2.83 bits per heavy atom. The molecule has 3 unspecified atom stereocenters. The van der Waals surface area contributed by atoms with Crippen molar-refractivity contribution in [2.24, 2.45) is 17.8 Å². The molecule has 0 saturated heterocycles. The molecule has 0 aliphatic heterocycles. The molecule has 2 aliphatic rings. The third kappa shape index (κ3) is 1.14. The Kier molecular flexibility index (Phi) is 1.89. The highest BCUT2D eigenvalue weighted by Crippen LogP contribution is 2.43. The minimum atomic E-state index is 0.0364. The van der Waals surface area contributed by atoms with Crippen molar-refractivity contribution in [1.29, 1.82) is 0 Å². The average Bonchev–Trinajstić information content (AvgIpc) is 2.64. The van der Waals surface area contributed by atoms with Gasteiger partial charge in [0.15, 0.2) is 0 Å². The van der Waals surface area contributed by atoms with Gasteiger partial charge in [-0.15, -0.1) is 0 Å². The number of hydrogen-bond donors (Lipinski definition) is 1. The lowest BCUT2D eigenvalue weighted by Gasteiger charge is -2.15. The first-order valence-corrected chi connectivity index (χ1v) is 4.32. The molecule has 0 aromatic carbocycles. The first kappa shape index (κ1) is 7.80. The fourth-order valence-electron chi connectivity index (χ4n) is 2.26. The summed E-state index contributed by atoms with van der Waals surface area (Å²) >= 11 is 0. The van der Waals surface area contributed by atoms with Crippen LogP contribution < -0.4 is 5.48 Å². The van der Waals surface area contributed by atoms with E-state index in [4.69, 9.17) is 0 Å². The van der Waals surface area contributed by atoms with Gasteiger partial charge in [0.1, 0.15) is 0 Å². The van der Waals surface area contributed by atoms with Crippen LogP contribution in [0.5, 0.6) is 0 Å². The summed E-state index contributed by atoms with van der Waals surface area (Å²) in [5, 5.41) is 0. The fraction of sp³-hybridized carbons (Fsp3) is 0.667. The molecule has 0 heterocycles. The predicted octanol–water partition coefficient (Wildman–Crippen LogP) is 0.876. The van der Waals surface area contributed by atoms with Crippen LogP contribution in [-0.4, -0.2) is 13.0 Å². The van der Waals surface area contributed by atoms with Crippen LogP contribution in [0.15, 0.2) is 12.2 Å². The van der Waals surface area contributed by atoms with E-state index in [0.29, 0.717) is 11.8 Å². The summed E-state index contributed by atoms with van der Waals surface area (Å²) < 4.78 is 0. The zero-order valence-corrected chi connectivity index (χ0v) is 7.12. The smallest absolute Gasteiger partial charge is 0.247 e. The van der Waals surface area contributed by atoms with E-state index in [2.05, 4.69) is 22.5 Å². The van der Waals surface area contributed by atoms with Gasteiger partial charge in [0.25, 0.3) is 0 Å². The van der Waals surface area contributed by atoms with Gasteiger partial charge in [0, 0.05) is 5.92 Å². The van der Waals surface area contributed by atoms with Gasteiger partial charge in [-0.1, -0.05) is 12.2 Å². The van der Waals surface area contributed by atoms with Gasteiger partial charge in [-0.25, -0.2) is 5.48 Å². The van der Waals surface area contributed by atoms with Gasteiger partial charge in [-0.2, -0.15) is 0 Å². The Morgan fingerprint density at radius 2 is 2.33 bits per heavy atom. The van der Waals surface area contributed by atoms with E-state index in [1.807, 2.05) is 0 Å². The van der Waals surface area contributed by atoms with Crippen molar-refractivity contribution in [1.82, 2.24) is 5.48 Å². The van der Waals surface area contributed by atoms with Crippen LogP contribution in [0.3, 0.4) is 0 Å². The highest BCUT2D eigenvalue weighted by atomic mass is 16.6. The van der Waals surface area contributed by atoms with Crippen LogP contribution >= 0.6 is 0 Å². The number of carbonyl (C=O) groups excluding carboxylic acids is 1. The maximum atomic E-state index is 11.4. The molecule has 3 atom stereocenters. The fourth-order valence-corrected chi connectivity index (χ4v) is 2.26. The SMILES string of the molecule is CONC(=O)C1CC2C=CC1C2. The molecule has 1 saturated carbocycles. The van der Waals surface area contributed by atoms with Crippen LogP contribution in [0.25, 0.3) is 0 Å². The van der Waals surface area contributed by atoms with Gasteiger partial charge >= 0.3 is 0 Å². The summed E-state index contributed by atoms with van der Waals surface area (Å²) in [4.78, 5) is 16.0. The molecule has 2 bridgehead atoms. The standard InChI is InChI=1S/C9H13NO2/c1-12-10-9(11)8-5-6-2-3-7(8)4-6/h2-3,6-8H,4-5H2,1H3,(H,10,11). The molecule has 1 amide bonds. The number of rotatable bonds is 2. The zero-order valence-electron chi connectivity index (χ0n) is 7.12. The van der Waals surface area contributed by atoms with Gasteiger partial charge in [-0.05, 0) is 24.7 Å². The summed E-state index contributed by atoms with van der Waals surface area (Å²) in [5.41, 5.74) is 2.40. The molecular weight excluding hydrogens is 154 g/mol. The Bertz CT molecular complexity index is 225. The quantitative estimate of drug-likeness (QED) is 0.489. The lowest BCUT2D eigenvalue weighted by molar-refractivity contribution is -0.136. The van der Waals surface area contributed by atoms with Crippen molar-refractivity contribution >= 4 is 5.91 Å². The number of hydrogen-bond acceptors (Lipinski definition) is 2. The van der Waals surface area contributed by atoms with Crippen molar-refractivity contribution in [3.63, 3.8) is 0 Å². The lowest BCUT2D eigenvalue weighted by atomic mass is 9.93. The summed E-state index contributed by atoms with van der Waals surface area (Å²) in [6.45, 7) is 0. The van der Waals surface area contributed by atoms with Crippen molar-refractivity contribution in [2.75, 3.05) is 7.11 Å². The third-order valence-electron chi connectivity index (χ3n) is 2.82. The van der Waals surface area contributed by atoms with Crippen molar-refractivity contribution in [3.8, 4) is 0 Å². The largest absolute Gasteiger partial charge is 0.277 e. The highest BCUT2D eigenvalue weighted by molar-refractivity contribution is 5.78. The van der Waals surface area contributed by atoms with E-state index in [9.17, 15) is 4.79 Å². The molecule has 2 rings (SSSR count). The molecule has 2 aliphatic carbocycles. The molecule has 3 nitrogen and oxygen atoms in total. The molecule has 0 spiro atoms. The second-order valence-corrected chi connectivity index (χ2v) is 3.56. The van der Waals surface area contributed by atoms with Crippen LogP contribution in [-0.2, 0) is 9.63 Å². The minimum Gasteiger partial charge on any atom is -0.277 e. The van der Waals surface area contributed by atoms with Crippen molar-refractivity contribution in [3.05, 3.63) is 12.2 Å². The third-order valence-corrected chi connectivity index (χ3v) is 2.82.